The van der Waals surface area contributed by atoms with Crippen LogP contribution in [0.4, 0.5) is 4.79 Å². The molecular weight excluding hydrogens is 366 g/mol. The third-order valence-corrected chi connectivity index (χ3v) is 6.36. The van der Waals surface area contributed by atoms with Crippen molar-refractivity contribution in [3.63, 3.8) is 0 Å². The van der Waals surface area contributed by atoms with E-state index in [1.54, 1.807) is 14.2 Å². The summed E-state index contributed by atoms with van der Waals surface area (Å²) < 4.78 is 10.8. The van der Waals surface area contributed by atoms with Crippen LogP contribution in [0.2, 0.25) is 0 Å². The minimum atomic E-state index is -0.158. The van der Waals surface area contributed by atoms with E-state index in [4.69, 9.17) is 9.47 Å². The number of hydrogen-bond donors (Lipinski definition) is 1. The van der Waals surface area contributed by atoms with E-state index in [1.807, 2.05) is 30.0 Å². The van der Waals surface area contributed by atoms with Crippen LogP contribution in [0.25, 0.3) is 0 Å². The smallest absolute Gasteiger partial charge is 0.317 e. The lowest BCUT2D eigenvalue weighted by Crippen LogP contribution is -2.43. The maximum absolute atomic E-state index is 12.9. The predicted octanol–water partition coefficient (Wildman–Crippen LogP) is 4.06. The van der Waals surface area contributed by atoms with Crippen molar-refractivity contribution in [2.75, 3.05) is 46.9 Å². The molecule has 6 nitrogen and oxygen atoms in total. The van der Waals surface area contributed by atoms with Gasteiger partial charge >= 0.3 is 6.03 Å². The van der Waals surface area contributed by atoms with Gasteiger partial charge in [0.25, 0.3) is 0 Å². The molecule has 2 fully saturated rings. The molecule has 2 amide bonds. The second kappa shape index (κ2) is 10.7. The summed E-state index contributed by atoms with van der Waals surface area (Å²) >= 11 is 0. The van der Waals surface area contributed by atoms with Crippen molar-refractivity contribution in [2.24, 2.45) is 5.92 Å². The second-order valence-corrected chi connectivity index (χ2v) is 8.42. The highest BCUT2D eigenvalue weighted by molar-refractivity contribution is 5.75. The molecule has 1 saturated heterocycles. The number of hydrogen-bond acceptors (Lipinski definition) is 4. The molecule has 0 spiro atoms. The van der Waals surface area contributed by atoms with Crippen molar-refractivity contribution in [1.29, 1.82) is 0 Å². The number of nitrogens with one attached hydrogen (secondary N) is 1. The van der Waals surface area contributed by atoms with E-state index in [2.05, 4.69) is 10.2 Å². The number of amides is 2. The van der Waals surface area contributed by atoms with Gasteiger partial charge in [0.1, 0.15) is 11.5 Å². The molecule has 29 heavy (non-hydrogen) atoms. The molecule has 2 aliphatic rings. The Labute approximate surface area is 175 Å². The Morgan fingerprint density at radius 1 is 1.07 bits per heavy atom. The lowest BCUT2D eigenvalue weighted by Gasteiger charge is -2.29. The average molecular weight is 404 g/mol. The Morgan fingerprint density at radius 3 is 2.59 bits per heavy atom. The highest BCUT2D eigenvalue weighted by Crippen LogP contribution is 2.29. The maximum atomic E-state index is 12.9. The average Bonchev–Trinajstić information content (AvgIpc) is 2.99. The predicted molar refractivity (Wildman–Crippen MR) is 116 cm³/mol. The second-order valence-electron chi connectivity index (χ2n) is 8.42. The zero-order valence-corrected chi connectivity index (χ0v) is 18.3. The molecule has 1 aliphatic heterocycles. The molecule has 0 radical (unpaired) electrons. The summed E-state index contributed by atoms with van der Waals surface area (Å²) in [5.41, 5.74) is 0.925. The van der Waals surface area contributed by atoms with Crippen molar-refractivity contribution < 1.29 is 14.3 Å². The summed E-state index contributed by atoms with van der Waals surface area (Å²) in [6.07, 6.45) is 7.97. The van der Waals surface area contributed by atoms with Crippen molar-refractivity contribution in [1.82, 2.24) is 15.1 Å². The number of ether oxygens (including phenoxy) is 2. The van der Waals surface area contributed by atoms with Crippen LogP contribution in [-0.4, -0.2) is 62.8 Å². The first-order valence-corrected chi connectivity index (χ1v) is 11.1. The van der Waals surface area contributed by atoms with E-state index in [0.29, 0.717) is 0 Å². The van der Waals surface area contributed by atoms with Crippen LogP contribution >= 0.6 is 0 Å². The van der Waals surface area contributed by atoms with Crippen LogP contribution in [0.1, 0.15) is 57.1 Å². The number of rotatable bonds is 6. The van der Waals surface area contributed by atoms with E-state index < -0.39 is 0 Å². The minimum absolute atomic E-state index is 0.00175. The summed E-state index contributed by atoms with van der Waals surface area (Å²) in [4.78, 5) is 17.4. The van der Waals surface area contributed by atoms with Gasteiger partial charge in [0.05, 0.1) is 20.3 Å². The molecule has 162 valence electrons. The number of carbonyl (C=O) groups is 1. The van der Waals surface area contributed by atoms with E-state index in [-0.39, 0.29) is 12.1 Å². The summed E-state index contributed by atoms with van der Waals surface area (Å²) in [6.45, 7) is 6.87. The van der Waals surface area contributed by atoms with Crippen LogP contribution in [-0.2, 0) is 0 Å². The molecule has 1 aromatic rings. The fraction of sp³-hybridized carbons (Fsp3) is 0.696. The van der Waals surface area contributed by atoms with Crippen LogP contribution in [0.15, 0.2) is 18.2 Å². The Kier molecular flexibility index (Phi) is 8.04. The van der Waals surface area contributed by atoms with E-state index in [9.17, 15) is 4.79 Å². The zero-order chi connectivity index (χ0) is 20.6. The van der Waals surface area contributed by atoms with Gasteiger partial charge in [0.15, 0.2) is 0 Å². The van der Waals surface area contributed by atoms with E-state index in [1.165, 1.54) is 38.6 Å². The van der Waals surface area contributed by atoms with Crippen LogP contribution in [0.3, 0.4) is 0 Å². The summed E-state index contributed by atoms with van der Waals surface area (Å²) in [6, 6.07) is 5.52. The van der Waals surface area contributed by atoms with E-state index in [0.717, 1.165) is 55.6 Å². The lowest BCUT2D eigenvalue weighted by molar-refractivity contribution is 0.187. The number of carbonyl (C=O) groups excluding carboxylic acids is 1. The summed E-state index contributed by atoms with van der Waals surface area (Å²) in [5, 5.41) is 3.15. The van der Waals surface area contributed by atoms with Gasteiger partial charge < -0.3 is 24.6 Å². The first kappa shape index (κ1) is 21.8. The SMILES string of the molecule is COc1ccc(OC)c([C@H](C)NC(=O)N2CCCN(CC3CCCCC3)CC2)c1. The van der Waals surface area contributed by atoms with Gasteiger partial charge in [-0.3, -0.25) is 0 Å². The third kappa shape index (κ3) is 6.01. The monoisotopic (exact) mass is 403 g/mol. The van der Waals surface area contributed by atoms with Crippen LogP contribution < -0.4 is 14.8 Å². The topological polar surface area (TPSA) is 54.0 Å². The van der Waals surface area contributed by atoms with Crippen molar-refractivity contribution >= 4 is 6.03 Å². The Hall–Kier alpha value is -1.95. The van der Waals surface area contributed by atoms with Gasteiger partial charge in [-0.1, -0.05) is 19.3 Å². The molecule has 3 rings (SSSR count). The standard InChI is InChI=1S/C23H37N3O3/c1-18(21-16-20(28-2)10-11-22(21)29-3)24-23(27)26-13-7-12-25(14-15-26)17-19-8-5-4-6-9-19/h10-11,16,18-19H,4-9,12-15,17H2,1-3H3,(H,24,27)/t18-/m0/s1. The van der Waals surface area contributed by atoms with Gasteiger partial charge in [-0.2, -0.15) is 0 Å². The third-order valence-electron chi connectivity index (χ3n) is 6.36. The fourth-order valence-corrected chi connectivity index (χ4v) is 4.62. The van der Waals surface area contributed by atoms with Crippen LogP contribution in [0, 0.1) is 5.92 Å². The Balaban J connectivity index is 1.54. The molecule has 1 saturated carbocycles. The first-order chi connectivity index (χ1) is 14.1. The fourth-order valence-electron chi connectivity index (χ4n) is 4.62. The number of benzene rings is 1. The van der Waals surface area contributed by atoms with Crippen molar-refractivity contribution in [3.8, 4) is 11.5 Å². The molecule has 0 bridgehead atoms. The van der Waals surface area contributed by atoms with Gasteiger partial charge in [0, 0.05) is 31.7 Å². The molecule has 1 aliphatic carbocycles. The minimum Gasteiger partial charge on any atom is -0.497 e. The Bertz CT molecular complexity index is 661. The number of urea groups is 1. The first-order valence-electron chi connectivity index (χ1n) is 11.1. The van der Waals surface area contributed by atoms with Gasteiger partial charge in [0.2, 0.25) is 0 Å². The molecule has 1 aromatic carbocycles. The van der Waals surface area contributed by atoms with Crippen molar-refractivity contribution in [3.05, 3.63) is 23.8 Å². The lowest BCUT2D eigenvalue weighted by atomic mass is 9.89. The largest absolute Gasteiger partial charge is 0.497 e. The quantitative estimate of drug-likeness (QED) is 0.778. The van der Waals surface area contributed by atoms with Gasteiger partial charge in [-0.15, -0.1) is 0 Å². The van der Waals surface area contributed by atoms with E-state index >= 15 is 0 Å². The molecule has 0 aromatic heterocycles. The molecule has 6 heteroatoms. The summed E-state index contributed by atoms with van der Waals surface area (Å²) in [5.74, 6) is 2.37. The number of nitrogens with zero attached hydrogens (tertiary/aromatic N) is 2. The molecular formula is C23H37N3O3. The molecule has 1 atom stereocenters. The highest BCUT2D eigenvalue weighted by Gasteiger charge is 2.24. The van der Waals surface area contributed by atoms with Gasteiger partial charge in [-0.05, 0) is 56.8 Å². The highest BCUT2D eigenvalue weighted by atomic mass is 16.5. The number of methoxy groups -OCH3 is 2. The van der Waals surface area contributed by atoms with Gasteiger partial charge in [-0.25, -0.2) is 4.79 Å². The van der Waals surface area contributed by atoms with Crippen molar-refractivity contribution in [2.45, 2.75) is 51.5 Å². The molecule has 1 N–H and O–H groups in total. The summed E-state index contributed by atoms with van der Waals surface area (Å²) in [7, 11) is 3.29. The normalized spacial score (nSPS) is 20.0. The zero-order valence-electron chi connectivity index (χ0n) is 18.3. The van der Waals surface area contributed by atoms with Crippen LogP contribution in [0.5, 0.6) is 11.5 Å². The Morgan fingerprint density at radius 2 is 1.86 bits per heavy atom. The molecule has 1 heterocycles. The molecule has 0 unspecified atom stereocenters. The maximum Gasteiger partial charge on any atom is 0.317 e.